The van der Waals surface area contributed by atoms with Crippen LogP contribution in [0.25, 0.3) is 0 Å². The molecule has 0 fully saturated rings. The Morgan fingerprint density at radius 2 is 0.619 bits per heavy atom. The lowest BCUT2D eigenvalue weighted by Crippen LogP contribution is -2.30. The number of allylic oxidation sites excluding steroid dienone is 8. The fourth-order valence-corrected chi connectivity index (χ4v) is 7.79. The van der Waals surface area contributed by atoms with E-state index < -0.39 is 6.10 Å². The van der Waals surface area contributed by atoms with Crippen LogP contribution in [0.2, 0.25) is 0 Å². The van der Waals surface area contributed by atoms with Gasteiger partial charge in [-0.05, 0) is 57.8 Å². The lowest BCUT2D eigenvalue weighted by atomic mass is 10.0. The maximum Gasteiger partial charge on any atom is 0.306 e. The van der Waals surface area contributed by atoms with Gasteiger partial charge in [-0.3, -0.25) is 14.4 Å². The molecule has 0 saturated heterocycles. The van der Waals surface area contributed by atoms with Crippen LogP contribution in [-0.4, -0.2) is 37.2 Å². The Kier molecular flexibility index (Phi) is 49.8. The molecule has 366 valence electrons. The molecule has 0 bridgehead atoms. The topological polar surface area (TPSA) is 78.9 Å². The summed E-state index contributed by atoms with van der Waals surface area (Å²) >= 11 is 0. The summed E-state index contributed by atoms with van der Waals surface area (Å²) in [6, 6.07) is 0. The zero-order chi connectivity index (χ0) is 45.8. The summed E-state index contributed by atoms with van der Waals surface area (Å²) in [5.41, 5.74) is 0. The number of unbranched alkanes of at least 4 members (excludes halogenated alkanes) is 30. The number of carbonyl (C=O) groups is 3. The van der Waals surface area contributed by atoms with Crippen molar-refractivity contribution in [1.29, 1.82) is 0 Å². The minimum Gasteiger partial charge on any atom is -0.462 e. The van der Waals surface area contributed by atoms with Gasteiger partial charge in [0.05, 0.1) is 0 Å². The van der Waals surface area contributed by atoms with Crippen LogP contribution < -0.4 is 0 Å². The molecule has 0 saturated carbocycles. The molecule has 0 heterocycles. The molecule has 0 radical (unpaired) electrons. The SMILES string of the molecule is CC/C=C\C/C=C\C/C=C\C/C=C\CCCCCCCCCCCCCCCCCCCCC(=O)OCC(COC(=O)CCCCCCC)OC(=O)CCCCCCCCCCC. The molecular formula is C57H102O6. The minimum absolute atomic E-state index is 0.0687. The normalized spacial score (nSPS) is 12.4. The maximum atomic E-state index is 12.6. The molecule has 0 amide bonds. The molecule has 1 atom stereocenters. The monoisotopic (exact) mass is 883 g/mol. The van der Waals surface area contributed by atoms with E-state index in [1.54, 1.807) is 0 Å². The van der Waals surface area contributed by atoms with Crippen LogP contribution in [0.4, 0.5) is 0 Å². The maximum absolute atomic E-state index is 12.6. The van der Waals surface area contributed by atoms with Crippen molar-refractivity contribution >= 4 is 17.9 Å². The van der Waals surface area contributed by atoms with Gasteiger partial charge in [-0.25, -0.2) is 0 Å². The molecule has 6 nitrogen and oxygen atoms in total. The Balaban J connectivity index is 3.86. The van der Waals surface area contributed by atoms with E-state index in [0.29, 0.717) is 19.3 Å². The van der Waals surface area contributed by atoms with Crippen molar-refractivity contribution in [3.05, 3.63) is 48.6 Å². The van der Waals surface area contributed by atoms with Crippen LogP contribution in [0, 0.1) is 0 Å². The number of ether oxygens (including phenoxy) is 3. The van der Waals surface area contributed by atoms with Crippen LogP contribution in [0.15, 0.2) is 48.6 Å². The highest BCUT2D eigenvalue weighted by Crippen LogP contribution is 2.16. The fourth-order valence-electron chi connectivity index (χ4n) is 7.79. The zero-order valence-electron chi connectivity index (χ0n) is 41.8. The Morgan fingerprint density at radius 3 is 0.968 bits per heavy atom. The number of esters is 3. The number of hydrogen-bond acceptors (Lipinski definition) is 6. The highest BCUT2D eigenvalue weighted by Gasteiger charge is 2.19. The van der Waals surface area contributed by atoms with Gasteiger partial charge >= 0.3 is 17.9 Å². The molecular weight excluding hydrogens is 781 g/mol. The van der Waals surface area contributed by atoms with Gasteiger partial charge in [0.15, 0.2) is 6.10 Å². The Morgan fingerprint density at radius 1 is 0.333 bits per heavy atom. The van der Waals surface area contributed by atoms with E-state index >= 15 is 0 Å². The predicted molar refractivity (Wildman–Crippen MR) is 270 cm³/mol. The van der Waals surface area contributed by atoms with Crippen molar-refractivity contribution in [2.75, 3.05) is 13.2 Å². The molecule has 0 aromatic heterocycles. The van der Waals surface area contributed by atoms with E-state index in [0.717, 1.165) is 89.9 Å². The molecule has 0 aromatic carbocycles. The summed E-state index contributed by atoms with van der Waals surface area (Å²) in [7, 11) is 0. The molecule has 0 rings (SSSR count). The first kappa shape index (κ1) is 60.4. The summed E-state index contributed by atoms with van der Waals surface area (Å²) in [6.45, 7) is 6.44. The molecule has 0 N–H and O–H groups in total. The third kappa shape index (κ3) is 50.2. The van der Waals surface area contributed by atoms with Crippen molar-refractivity contribution in [2.45, 2.75) is 284 Å². The largest absolute Gasteiger partial charge is 0.462 e. The zero-order valence-corrected chi connectivity index (χ0v) is 41.8. The van der Waals surface area contributed by atoms with Gasteiger partial charge in [0.1, 0.15) is 13.2 Å². The van der Waals surface area contributed by atoms with Gasteiger partial charge in [0.25, 0.3) is 0 Å². The molecule has 0 aliphatic heterocycles. The Bertz CT molecular complexity index is 1110. The van der Waals surface area contributed by atoms with Crippen LogP contribution >= 0.6 is 0 Å². The lowest BCUT2D eigenvalue weighted by Gasteiger charge is -2.18. The number of rotatable bonds is 49. The lowest BCUT2D eigenvalue weighted by molar-refractivity contribution is -0.167. The molecule has 1 unspecified atom stereocenters. The molecule has 0 aliphatic rings. The second-order valence-electron chi connectivity index (χ2n) is 18.1. The molecule has 0 spiro atoms. The van der Waals surface area contributed by atoms with E-state index in [-0.39, 0.29) is 31.1 Å². The standard InChI is InChI=1S/C57H102O6/c1-4-7-10-13-15-17-18-19-20-21-22-23-24-25-26-27-28-29-30-31-32-33-34-35-36-37-38-40-41-44-47-50-56(59)62-53-54(52-61-55(58)49-46-43-12-9-6-3)63-57(60)51-48-45-42-39-16-14-11-8-5-2/h7,10,15,17,19-20,22-23,54H,4-6,8-9,11-14,16,18,21,24-53H2,1-3H3/b10-7-,17-15-,20-19-,23-22-. The smallest absolute Gasteiger partial charge is 0.306 e. The second-order valence-corrected chi connectivity index (χ2v) is 18.1. The summed E-state index contributed by atoms with van der Waals surface area (Å²) in [4.78, 5) is 37.5. The van der Waals surface area contributed by atoms with E-state index in [1.807, 2.05) is 0 Å². The Hall–Kier alpha value is -2.63. The first-order valence-electron chi connectivity index (χ1n) is 27.1. The van der Waals surface area contributed by atoms with Crippen molar-refractivity contribution in [3.8, 4) is 0 Å². The van der Waals surface area contributed by atoms with Gasteiger partial charge < -0.3 is 14.2 Å². The van der Waals surface area contributed by atoms with Crippen molar-refractivity contribution < 1.29 is 28.6 Å². The molecule has 0 aliphatic carbocycles. The van der Waals surface area contributed by atoms with Gasteiger partial charge in [-0.15, -0.1) is 0 Å². The molecule has 63 heavy (non-hydrogen) atoms. The predicted octanol–water partition coefficient (Wildman–Crippen LogP) is 17.9. The summed E-state index contributed by atoms with van der Waals surface area (Å²) < 4.78 is 16.6. The van der Waals surface area contributed by atoms with Gasteiger partial charge in [0.2, 0.25) is 0 Å². The number of carbonyl (C=O) groups excluding carboxylic acids is 3. The highest BCUT2D eigenvalue weighted by atomic mass is 16.6. The highest BCUT2D eigenvalue weighted by molar-refractivity contribution is 5.71. The second kappa shape index (κ2) is 52.0. The molecule has 0 aromatic rings. The van der Waals surface area contributed by atoms with Crippen molar-refractivity contribution in [2.24, 2.45) is 0 Å². The molecule has 6 heteroatoms. The average molecular weight is 883 g/mol. The van der Waals surface area contributed by atoms with Crippen molar-refractivity contribution in [1.82, 2.24) is 0 Å². The Labute approximate surface area is 390 Å². The van der Waals surface area contributed by atoms with Crippen LogP contribution in [0.3, 0.4) is 0 Å². The third-order valence-corrected chi connectivity index (χ3v) is 11.8. The van der Waals surface area contributed by atoms with Crippen LogP contribution in [0.5, 0.6) is 0 Å². The number of hydrogen-bond donors (Lipinski definition) is 0. The minimum atomic E-state index is -0.762. The van der Waals surface area contributed by atoms with Crippen LogP contribution in [-0.2, 0) is 28.6 Å². The van der Waals surface area contributed by atoms with Crippen LogP contribution in [0.1, 0.15) is 278 Å². The fraction of sp³-hybridized carbons (Fsp3) is 0.807. The van der Waals surface area contributed by atoms with Gasteiger partial charge in [-0.1, -0.05) is 249 Å². The van der Waals surface area contributed by atoms with E-state index in [4.69, 9.17) is 14.2 Å². The van der Waals surface area contributed by atoms with E-state index in [9.17, 15) is 14.4 Å². The van der Waals surface area contributed by atoms with E-state index in [2.05, 4.69) is 69.4 Å². The summed E-state index contributed by atoms with van der Waals surface area (Å²) in [6.07, 6.45) is 63.1. The van der Waals surface area contributed by atoms with Crippen molar-refractivity contribution in [3.63, 3.8) is 0 Å². The first-order valence-corrected chi connectivity index (χ1v) is 27.1. The van der Waals surface area contributed by atoms with Gasteiger partial charge in [0, 0.05) is 19.3 Å². The van der Waals surface area contributed by atoms with E-state index in [1.165, 1.54) is 148 Å². The quantitative estimate of drug-likeness (QED) is 0.0262. The summed E-state index contributed by atoms with van der Waals surface area (Å²) in [5.74, 6) is -0.877. The summed E-state index contributed by atoms with van der Waals surface area (Å²) in [5, 5.41) is 0. The first-order chi connectivity index (χ1) is 31.0. The van der Waals surface area contributed by atoms with Gasteiger partial charge in [-0.2, -0.15) is 0 Å². The third-order valence-electron chi connectivity index (χ3n) is 11.8. The average Bonchev–Trinajstić information content (AvgIpc) is 3.28.